The van der Waals surface area contributed by atoms with E-state index in [1.807, 2.05) is 31.2 Å². The second kappa shape index (κ2) is 8.24. The zero-order chi connectivity index (χ0) is 15.8. The van der Waals surface area contributed by atoms with Crippen LogP contribution in [0.2, 0.25) is 0 Å². The highest BCUT2D eigenvalue weighted by molar-refractivity contribution is 5.88. The van der Waals surface area contributed by atoms with Gasteiger partial charge in [0.05, 0.1) is 13.2 Å². The Hall–Kier alpha value is -2.27. The number of aliphatic imine (C=N–C) groups is 1. The molecule has 0 heterocycles. The maximum absolute atomic E-state index is 5.81. The molecular formula is C17H23N3O2. The Kier molecular flexibility index (Phi) is 6.03. The first kappa shape index (κ1) is 16.1. The molecule has 3 N–H and O–H groups in total. The van der Waals surface area contributed by atoms with E-state index in [0.29, 0.717) is 25.7 Å². The molecule has 0 amide bonds. The normalized spacial score (nSPS) is 13.1. The van der Waals surface area contributed by atoms with Crippen LogP contribution in [0.15, 0.2) is 47.5 Å². The first-order chi connectivity index (χ1) is 10.7. The highest BCUT2D eigenvalue weighted by atomic mass is 16.5. The van der Waals surface area contributed by atoms with Crippen molar-refractivity contribution in [1.29, 1.82) is 0 Å². The molecule has 0 radical (unpaired) electrons. The van der Waals surface area contributed by atoms with Crippen LogP contribution >= 0.6 is 0 Å². The molecular weight excluding hydrogens is 278 g/mol. The molecule has 2 aromatic rings. The zero-order valence-corrected chi connectivity index (χ0v) is 13.1. The number of guanidine groups is 1. The molecule has 5 nitrogen and oxygen atoms in total. The third-order valence-electron chi connectivity index (χ3n) is 3.19. The number of fused-ring (bicyclic) bond motifs is 1. The third-order valence-corrected chi connectivity index (χ3v) is 3.19. The number of benzene rings is 2. The molecule has 0 spiro atoms. The van der Waals surface area contributed by atoms with Gasteiger partial charge >= 0.3 is 0 Å². The van der Waals surface area contributed by atoms with E-state index in [2.05, 4.69) is 28.5 Å². The number of ether oxygens (including phenoxy) is 2. The van der Waals surface area contributed by atoms with Crippen molar-refractivity contribution in [2.24, 2.45) is 10.7 Å². The average Bonchev–Trinajstić information content (AvgIpc) is 2.52. The molecule has 1 atom stereocenters. The molecule has 5 heteroatoms. The van der Waals surface area contributed by atoms with Crippen LogP contribution in [0.1, 0.15) is 6.92 Å². The monoisotopic (exact) mass is 301 g/mol. The number of hydrogen-bond acceptors (Lipinski definition) is 3. The van der Waals surface area contributed by atoms with E-state index in [1.54, 1.807) is 7.11 Å². The van der Waals surface area contributed by atoms with Gasteiger partial charge in [-0.25, -0.2) is 4.99 Å². The summed E-state index contributed by atoms with van der Waals surface area (Å²) in [5.41, 5.74) is 5.80. The molecule has 1 unspecified atom stereocenters. The summed E-state index contributed by atoms with van der Waals surface area (Å²) in [6.07, 6.45) is 0. The second-order valence-corrected chi connectivity index (χ2v) is 5.09. The smallest absolute Gasteiger partial charge is 0.188 e. The summed E-state index contributed by atoms with van der Waals surface area (Å²) in [4.78, 5) is 4.24. The molecule has 118 valence electrons. The van der Waals surface area contributed by atoms with Crippen LogP contribution in [0.5, 0.6) is 5.75 Å². The highest BCUT2D eigenvalue weighted by Gasteiger charge is 2.02. The quantitative estimate of drug-likeness (QED) is 0.467. The maximum Gasteiger partial charge on any atom is 0.188 e. The van der Waals surface area contributed by atoms with Crippen molar-refractivity contribution in [3.05, 3.63) is 42.5 Å². The molecule has 0 aliphatic rings. The van der Waals surface area contributed by atoms with Crippen molar-refractivity contribution < 1.29 is 9.47 Å². The average molecular weight is 301 g/mol. The third kappa shape index (κ3) is 4.63. The molecule has 0 aliphatic carbocycles. The number of nitrogens with zero attached hydrogens (tertiary/aromatic N) is 1. The SMILES string of the molecule is COCC(C)NC(N)=NCCOc1cccc2ccccc12. The van der Waals surface area contributed by atoms with Gasteiger partial charge in [-0.2, -0.15) is 0 Å². The summed E-state index contributed by atoms with van der Waals surface area (Å²) < 4.78 is 10.8. The van der Waals surface area contributed by atoms with Crippen LogP contribution in [-0.2, 0) is 4.74 Å². The van der Waals surface area contributed by atoms with Gasteiger partial charge in [-0.3, -0.25) is 0 Å². The van der Waals surface area contributed by atoms with Gasteiger partial charge in [0.1, 0.15) is 12.4 Å². The van der Waals surface area contributed by atoms with Crippen LogP contribution < -0.4 is 15.8 Å². The summed E-state index contributed by atoms with van der Waals surface area (Å²) in [6.45, 7) is 3.55. The van der Waals surface area contributed by atoms with Gasteiger partial charge in [0.15, 0.2) is 5.96 Å². The van der Waals surface area contributed by atoms with Crippen LogP contribution in [0.25, 0.3) is 10.8 Å². The summed E-state index contributed by atoms with van der Waals surface area (Å²) in [7, 11) is 1.66. The minimum Gasteiger partial charge on any atom is -0.491 e. The van der Waals surface area contributed by atoms with Gasteiger partial charge < -0.3 is 20.5 Å². The Bertz CT molecular complexity index is 623. The molecule has 0 saturated heterocycles. The first-order valence-corrected chi connectivity index (χ1v) is 7.36. The van der Waals surface area contributed by atoms with E-state index >= 15 is 0 Å². The topological polar surface area (TPSA) is 68.9 Å². The second-order valence-electron chi connectivity index (χ2n) is 5.09. The van der Waals surface area contributed by atoms with Crippen LogP contribution in [0.4, 0.5) is 0 Å². The predicted molar refractivity (Wildman–Crippen MR) is 90.4 cm³/mol. The molecule has 2 rings (SSSR count). The Labute approximate surface area is 131 Å². The van der Waals surface area contributed by atoms with E-state index in [-0.39, 0.29) is 6.04 Å². The van der Waals surface area contributed by atoms with Gasteiger partial charge in [-0.15, -0.1) is 0 Å². The van der Waals surface area contributed by atoms with Gasteiger partial charge in [0, 0.05) is 18.5 Å². The van der Waals surface area contributed by atoms with Crippen molar-refractivity contribution in [2.75, 3.05) is 26.9 Å². The lowest BCUT2D eigenvalue weighted by molar-refractivity contribution is 0.179. The molecule has 0 bridgehead atoms. The fourth-order valence-electron chi connectivity index (χ4n) is 2.23. The van der Waals surface area contributed by atoms with E-state index < -0.39 is 0 Å². The van der Waals surface area contributed by atoms with E-state index in [0.717, 1.165) is 16.5 Å². The van der Waals surface area contributed by atoms with Crippen molar-refractivity contribution >= 4 is 16.7 Å². The number of hydrogen-bond donors (Lipinski definition) is 2. The van der Waals surface area contributed by atoms with Crippen LogP contribution in [0, 0.1) is 0 Å². The summed E-state index contributed by atoms with van der Waals surface area (Å²) in [5, 5.41) is 5.33. The summed E-state index contributed by atoms with van der Waals surface area (Å²) in [6, 6.07) is 14.3. The lowest BCUT2D eigenvalue weighted by Crippen LogP contribution is -2.40. The number of nitrogens with two attached hydrogens (primary N) is 1. The van der Waals surface area contributed by atoms with E-state index in [9.17, 15) is 0 Å². The maximum atomic E-state index is 5.81. The fraction of sp³-hybridized carbons (Fsp3) is 0.353. The standard InChI is InChI=1S/C17H23N3O2/c1-13(12-21-2)20-17(18)19-10-11-22-16-9-5-7-14-6-3-4-8-15(14)16/h3-9,13H,10-12H2,1-2H3,(H3,18,19,20). The Morgan fingerprint density at radius 3 is 2.82 bits per heavy atom. The molecule has 0 saturated carbocycles. The summed E-state index contributed by atoms with van der Waals surface area (Å²) in [5.74, 6) is 1.28. The van der Waals surface area contributed by atoms with Gasteiger partial charge in [-0.05, 0) is 18.4 Å². The molecule has 22 heavy (non-hydrogen) atoms. The lowest BCUT2D eigenvalue weighted by Gasteiger charge is -2.13. The molecule has 2 aromatic carbocycles. The number of rotatable bonds is 7. The van der Waals surface area contributed by atoms with Gasteiger partial charge in [-0.1, -0.05) is 36.4 Å². The van der Waals surface area contributed by atoms with Crippen molar-refractivity contribution in [3.8, 4) is 5.75 Å². The predicted octanol–water partition coefficient (Wildman–Crippen LogP) is 2.16. The van der Waals surface area contributed by atoms with Crippen molar-refractivity contribution in [2.45, 2.75) is 13.0 Å². The molecule has 0 aliphatic heterocycles. The molecule has 0 fully saturated rings. The Morgan fingerprint density at radius 2 is 2.00 bits per heavy atom. The lowest BCUT2D eigenvalue weighted by atomic mass is 10.1. The Balaban J connectivity index is 1.85. The largest absolute Gasteiger partial charge is 0.491 e. The minimum atomic E-state index is 0.132. The number of nitrogens with one attached hydrogen (secondary N) is 1. The minimum absolute atomic E-state index is 0.132. The number of methoxy groups -OCH3 is 1. The zero-order valence-electron chi connectivity index (χ0n) is 13.1. The van der Waals surface area contributed by atoms with Gasteiger partial charge in [0.25, 0.3) is 0 Å². The van der Waals surface area contributed by atoms with E-state index in [1.165, 1.54) is 0 Å². The van der Waals surface area contributed by atoms with Crippen LogP contribution in [-0.4, -0.2) is 38.9 Å². The molecule has 0 aromatic heterocycles. The van der Waals surface area contributed by atoms with Crippen LogP contribution in [0.3, 0.4) is 0 Å². The summed E-state index contributed by atoms with van der Waals surface area (Å²) >= 11 is 0. The Morgan fingerprint density at radius 1 is 1.23 bits per heavy atom. The highest BCUT2D eigenvalue weighted by Crippen LogP contribution is 2.24. The van der Waals surface area contributed by atoms with Crippen molar-refractivity contribution in [1.82, 2.24) is 5.32 Å². The van der Waals surface area contributed by atoms with Crippen molar-refractivity contribution in [3.63, 3.8) is 0 Å². The fourth-order valence-corrected chi connectivity index (χ4v) is 2.23. The van der Waals surface area contributed by atoms with E-state index in [4.69, 9.17) is 15.2 Å². The first-order valence-electron chi connectivity index (χ1n) is 7.36. The van der Waals surface area contributed by atoms with Gasteiger partial charge in [0.2, 0.25) is 0 Å².